The number of benzene rings is 1. The van der Waals surface area contributed by atoms with E-state index in [1.54, 1.807) is 6.07 Å². The molecule has 2 N–H and O–H groups in total. The molecule has 5 nitrogen and oxygen atoms in total. The first kappa shape index (κ1) is 15.6. The van der Waals surface area contributed by atoms with Gasteiger partial charge in [-0.25, -0.2) is 4.98 Å². The summed E-state index contributed by atoms with van der Waals surface area (Å²) in [4.78, 5) is 6.86. The monoisotopic (exact) mass is 307 g/mol. The number of aromatic nitrogens is 2. The van der Waals surface area contributed by atoms with Gasteiger partial charge < -0.3 is 4.98 Å². The Morgan fingerprint density at radius 2 is 1.90 bits per heavy atom. The van der Waals surface area contributed by atoms with Crippen LogP contribution in [0.2, 0.25) is 0 Å². The van der Waals surface area contributed by atoms with Gasteiger partial charge in [-0.2, -0.15) is 8.42 Å². The SMILES string of the molecule is CCc1ncc(S(=O)(=O)Nc2ccccc2C(C)(C)C)[nH]1. The first-order valence-corrected chi connectivity index (χ1v) is 8.38. The summed E-state index contributed by atoms with van der Waals surface area (Å²) < 4.78 is 27.5. The first-order valence-electron chi connectivity index (χ1n) is 6.90. The second-order valence-electron chi connectivity index (χ2n) is 5.95. The molecule has 2 rings (SSSR count). The van der Waals surface area contributed by atoms with Crippen LogP contribution in [0.4, 0.5) is 5.69 Å². The highest BCUT2D eigenvalue weighted by molar-refractivity contribution is 7.92. The fourth-order valence-corrected chi connectivity index (χ4v) is 3.11. The number of aromatic amines is 1. The zero-order valence-corrected chi connectivity index (χ0v) is 13.6. The van der Waals surface area contributed by atoms with E-state index in [0.717, 1.165) is 5.56 Å². The summed E-state index contributed by atoms with van der Waals surface area (Å²) in [5.74, 6) is 0.652. The Bertz CT molecular complexity index is 727. The normalized spacial score (nSPS) is 12.4. The van der Waals surface area contributed by atoms with Crippen molar-refractivity contribution in [2.75, 3.05) is 4.72 Å². The second-order valence-corrected chi connectivity index (χ2v) is 7.60. The molecule has 0 unspecified atom stereocenters. The maximum Gasteiger partial charge on any atom is 0.278 e. The van der Waals surface area contributed by atoms with E-state index in [1.807, 2.05) is 45.9 Å². The van der Waals surface area contributed by atoms with E-state index < -0.39 is 10.0 Å². The number of rotatable bonds is 4. The number of hydrogen-bond donors (Lipinski definition) is 2. The molecule has 1 aromatic carbocycles. The Hall–Kier alpha value is -1.82. The molecular weight excluding hydrogens is 286 g/mol. The molecule has 0 atom stereocenters. The smallest absolute Gasteiger partial charge is 0.278 e. The van der Waals surface area contributed by atoms with Crippen molar-refractivity contribution >= 4 is 15.7 Å². The second kappa shape index (κ2) is 5.52. The van der Waals surface area contributed by atoms with Crippen molar-refractivity contribution in [3.63, 3.8) is 0 Å². The van der Waals surface area contributed by atoms with Crippen LogP contribution in [0.3, 0.4) is 0 Å². The number of sulfonamides is 1. The Morgan fingerprint density at radius 1 is 1.24 bits per heavy atom. The molecule has 0 aliphatic carbocycles. The van der Waals surface area contributed by atoms with Crippen molar-refractivity contribution in [1.82, 2.24) is 9.97 Å². The lowest BCUT2D eigenvalue weighted by Gasteiger charge is -2.23. The van der Waals surface area contributed by atoms with Crippen LogP contribution >= 0.6 is 0 Å². The zero-order chi connectivity index (χ0) is 15.7. The lowest BCUT2D eigenvalue weighted by molar-refractivity contribution is 0.589. The number of anilines is 1. The highest BCUT2D eigenvalue weighted by Gasteiger charge is 2.22. The van der Waals surface area contributed by atoms with Gasteiger partial charge in [0.2, 0.25) is 0 Å². The van der Waals surface area contributed by atoms with E-state index in [9.17, 15) is 8.42 Å². The van der Waals surface area contributed by atoms with Crippen molar-refractivity contribution in [3.05, 3.63) is 41.9 Å². The van der Waals surface area contributed by atoms with Crippen LogP contribution in [0.25, 0.3) is 0 Å². The van der Waals surface area contributed by atoms with Crippen molar-refractivity contribution in [2.24, 2.45) is 0 Å². The molecule has 21 heavy (non-hydrogen) atoms. The first-order chi connectivity index (χ1) is 9.74. The summed E-state index contributed by atoms with van der Waals surface area (Å²) >= 11 is 0. The third-order valence-electron chi connectivity index (χ3n) is 3.21. The van der Waals surface area contributed by atoms with Crippen LogP contribution in [0.1, 0.15) is 39.1 Å². The van der Waals surface area contributed by atoms with Gasteiger partial charge in [0.15, 0.2) is 5.03 Å². The van der Waals surface area contributed by atoms with E-state index in [1.165, 1.54) is 6.20 Å². The molecule has 0 fully saturated rings. The molecule has 0 bridgehead atoms. The van der Waals surface area contributed by atoms with E-state index in [0.29, 0.717) is 17.9 Å². The van der Waals surface area contributed by atoms with E-state index in [2.05, 4.69) is 14.7 Å². The van der Waals surface area contributed by atoms with Crippen LogP contribution in [0, 0.1) is 0 Å². The van der Waals surface area contributed by atoms with Crippen molar-refractivity contribution in [1.29, 1.82) is 0 Å². The number of H-pyrrole nitrogens is 1. The maximum atomic E-state index is 12.4. The number of hydrogen-bond acceptors (Lipinski definition) is 3. The van der Waals surface area contributed by atoms with Crippen molar-refractivity contribution in [2.45, 2.75) is 44.6 Å². The molecule has 0 aliphatic heterocycles. The molecule has 1 heterocycles. The highest BCUT2D eigenvalue weighted by Crippen LogP contribution is 2.30. The van der Waals surface area contributed by atoms with Gasteiger partial charge in [0, 0.05) is 6.42 Å². The van der Waals surface area contributed by atoms with Crippen LogP contribution in [0.15, 0.2) is 35.5 Å². The molecule has 0 spiro atoms. The molecule has 2 aromatic rings. The van der Waals surface area contributed by atoms with Crippen LogP contribution < -0.4 is 4.72 Å². The number of para-hydroxylation sites is 1. The van der Waals surface area contributed by atoms with Crippen LogP contribution in [-0.2, 0) is 21.9 Å². The lowest BCUT2D eigenvalue weighted by Crippen LogP contribution is -2.19. The van der Waals surface area contributed by atoms with E-state index in [-0.39, 0.29) is 10.4 Å². The highest BCUT2D eigenvalue weighted by atomic mass is 32.2. The van der Waals surface area contributed by atoms with Gasteiger partial charge in [-0.05, 0) is 17.0 Å². The Balaban J connectivity index is 2.38. The van der Waals surface area contributed by atoms with Crippen LogP contribution in [-0.4, -0.2) is 18.4 Å². The quantitative estimate of drug-likeness (QED) is 0.911. The van der Waals surface area contributed by atoms with E-state index >= 15 is 0 Å². The van der Waals surface area contributed by atoms with Crippen molar-refractivity contribution < 1.29 is 8.42 Å². The summed E-state index contributed by atoms with van der Waals surface area (Å²) in [6.45, 7) is 8.06. The minimum absolute atomic E-state index is 0.0862. The maximum absolute atomic E-state index is 12.4. The summed E-state index contributed by atoms with van der Waals surface area (Å²) in [6, 6.07) is 7.43. The minimum atomic E-state index is -3.65. The molecule has 0 radical (unpaired) electrons. The third kappa shape index (κ3) is 3.44. The van der Waals surface area contributed by atoms with Crippen LogP contribution in [0.5, 0.6) is 0 Å². The molecule has 0 saturated heterocycles. The molecule has 0 aliphatic rings. The van der Waals surface area contributed by atoms with Gasteiger partial charge in [-0.15, -0.1) is 0 Å². The summed E-state index contributed by atoms with van der Waals surface area (Å²) in [7, 11) is -3.65. The fourth-order valence-electron chi connectivity index (χ4n) is 2.09. The average Bonchev–Trinajstić information content (AvgIpc) is 2.87. The fraction of sp³-hybridized carbons (Fsp3) is 0.400. The predicted octanol–water partition coefficient (Wildman–Crippen LogP) is 3.07. The zero-order valence-electron chi connectivity index (χ0n) is 12.8. The number of nitrogens with zero attached hydrogens (tertiary/aromatic N) is 1. The lowest BCUT2D eigenvalue weighted by atomic mass is 9.86. The molecule has 0 saturated carbocycles. The largest absolute Gasteiger partial charge is 0.332 e. The van der Waals surface area contributed by atoms with Gasteiger partial charge in [0.1, 0.15) is 5.82 Å². The van der Waals surface area contributed by atoms with Gasteiger partial charge in [-0.3, -0.25) is 4.72 Å². The van der Waals surface area contributed by atoms with Gasteiger partial charge in [-0.1, -0.05) is 45.9 Å². The summed E-state index contributed by atoms with van der Waals surface area (Å²) in [6.07, 6.45) is 2.01. The topological polar surface area (TPSA) is 74.8 Å². The number of imidazole rings is 1. The Labute approximate surface area is 125 Å². The number of aryl methyl sites for hydroxylation is 1. The van der Waals surface area contributed by atoms with Gasteiger partial charge in [0.25, 0.3) is 10.0 Å². The minimum Gasteiger partial charge on any atom is -0.332 e. The van der Waals surface area contributed by atoms with Gasteiger partial charge in [0.05, 0.1) is 11.9 Å². The molecule has 1 aromatic heterocycles. The Morgan fingerprint density at radius 3 is 2.48 bits per heavy atom. The predicted molar refractivity (Wildman–Crippen MR) is 83.9 cm³/mol. The third-order valence-corrected chi connectivity index (χ3v) is 4.48. The van der Waals surface area contributed by atoms with E-state index in [4.69, 9.17) is 0 Å². The molecular formula is C15H21N3O2S. The van der Waals surface area contributed by atoms with Crippen molar-refractivity contribution in [3.8, 4) is 0 Å². The molecule has 114 valence electrons. The Kier molecular flexibility index (Phi) is 4.09. The molecule has 0 amide bonds. The summed E-state index contributed by atoms with van der Waals surface area (Å²) in [5, 5.41) is 0.0862. The number of nitrogens with one attached hydrogen (secondary N) is 2. The standard InChI is InChI=1S/C15H21N3O2S/c1-5-13-16-10-14(17-13)21(19,20)18-12-9-7-6-8-11(12)15(2,3)4/h6-10,18H,5H2,1-4H3,(H,16,17). The van der Waals surface area contributed by atoms with Gasteiger partial charge >= 0.3 is 0 Å². The average molecular weight is 307 g/mol. The summed E-state index contributed by atoms with van der Waals surface area (Å²) in [5.41, 5.74) is 1.39. The molecule has 6 heteroatoms.